The predicted molar refractivity (Wildman–Crippen MR) is 105 cm³/mol. The Morgan fingerprint density at radius 2 is 2.15 bits per heavy atom. The lowest BCUT2D eigenvalue weighted by atomic mass is 10.2. The molecule has 1 aliphatic carbocycles. The molecule has 0 atom stereocenters. The number of urea groups is 1. The van der Waals surface area contributed by atoms with Gasteiger partial charge in [-0.25, -0.2) is 9.78 Å². The first-order valence-electron chi connectivity index (χ1n) is 9.34. The number of hydrogen-bond acceptors (Lipinski definition) is 6. The lowest BCUT2D eigenvalue weighted by Gasteiger charge is -2.20. The number of aromatic nitrogens is 2. The minimum absolute atomic E-state index is 0.0668. The van der Waals surface area contributed by atoms with Crippen LogP contribution in [0, 0.1) is 0 Å². The zero-order valence-corrected chi connectivity index (χ0v) is 16.2. The van der Waals surface area contributed by atoms with Crippen molar-refractivity contribution in [2.45, 2.75) is 51.6 Å². The number of H-pyrrole nitrogens is 1. The molecule has 1 fully saturated rings. The zero-order chi connectivity index (χ0) is 19.2. The Kier molecular flexibility index (Phi) is 6.57. The molecule has 3 rings (SSSR count). The van der Waals surface area contributed by atoms with E-state index in [0.717, 1.165) is 32.1 Å². The summed E-state index contributed by atoms with van der Waals surface area (Å²) in [6.45, 7) is 3.07. The van der Waals surface area contributed by atoms with Gasteiger partial charge in [0.25, 0.3) is 5.56 Å². The Morgan fingerprint density at radius 3 is 2.89 bits per heavy atom. The molecule has 9 heteroatoms. The smallest absolute Gasteiger partial charge is 0.321 e. The number of nitrogens with zero attached hydrogens (tertiary/aromatic N) is 2. The molecule has 2 heterocycles. The predicted octanol–water partition coefficient (Wildman–Crippen LogP) is 1.96. The number of amides is 3. The monoisotopic (exact) mass is 391 g/mol. The van der Waals surface area contributed by atoms with Gasteiger partial charge in [0.05, 0.1) is 18.6 Å². The van der Waals surface area contributed by atoms with Gasteiger partial charge in [-0.05, 0) is 37.3 Å². The van der Waals surface area contributed by atoms with Crippen molar-refractivity contribution < 1.29 is 9.59 Å². The second kappa shape index (κ2) is 9.09. The summed E-state index contributed by atoms with van der Waals surface area (Å²) in [6, 6.07) is 1.54. The molecule has 8 nitrogen and oxygen atoms in total. The van der Waals surface area contributed by atoms with E-state index in [2.05, 4.69) is 20.6 Å². The first-order chi connectivity index (χ1) is 13.0. The summed E-state index contributed by atoms with van der Waals surface area (Å²) in [5, 5.41) is 7.07. The number of imide groups is 1. The summed E-state index contributed by atoms with van der Waals surface area (Å²) >= 11 is 1.35. The van der Waals surface area contributed by atoms with E-state index in [-0.39, 0.29) is 24.1 Å². The lowest BCUT2D eigenvalue weighted by Crippen LogP contribution is -2.47. The van der Waals surface area contributed by atoms with Crippen LogP contribution in [0.2, 0.25) is 0 Å². The number of hydrogen-bond donors (Lipinski definition) is 3. The molecule has 3 N–H and O–H groups in total. The molecule has 0 bridgehead atoms. The van der Waals surface area contributed by atoms with Gasteiger partial charge in [-0.1, -0.05) is 19.8 Å². The summed E-state index contributed by atoms with van der Waals surface area (Å²) in [5.41, 5.74) is 0.498. The third-order valence-electron chi connectivity index (χ3n) is 4.59. The number of thiophene rings is 1. The third kappa shape index (κ3) is 5.36. The largest absolute Gasteiger partial charge is 0.335 e. The van der Waals surface area contributed by atoms with Crippen molar-refractivity contribution in [3.05, 3.63) is 27.6 Å². The normalized spacial score (nSPS) is 14.7. The first-order valence-corrected chi connectivity index (χ1v) is 10.2. The van der Waals surface area contributed by atoms with E-state index in [0.29, 0.717) is 29.1 Å². The number of fused-ring (bicyclic) bond motifs is 1. The van der Waals surface area contributed by atoms with Gasteiger partial charge in [0.2, 0.25) is 5.91 Å². The molecule has 1 aliphatic rings. The second-order valence-electron chi connectivity index (χ2n) is 6.86. The topological polar surface area (TPSA) is 107 Å². The van der Waals surface area contributed by atoms with Crippen molar-refractivity contribution >= 4 is 33.5 Å². The van der Waals surface area contributed by atoms with E-state index in [1.54, 1.807) is 0 Å². The maximum atomic E-state index is 12.2. The van der Waals surface area contributed by atoms with E-state index < -0.39 is 6.03 Å². The fourth-order valence-electron chi connectivity index (χ4n) is 3.40. The molecule has 1 saturated carbocycles. The summed E-state index contributed by atoms with van der Waals surface area (Å²) in [4.78, 5) is 45.4. The number of nitrogens with one attached hydrogen (secondary N) is 3. The Hall–Kier alpha value is -2.26. The molecular weight excluding hydrogens is 366 g/mol. The zero-order valence-electron chi connectivity index (χ0n) is 15.4. The molecule has 0 radical (unpaired) electrons. The van der Waals surface area contributed by atoms with Crippen molar-refractivity contribution in [3.63, 3.8) is 0 Å². The van der Waals surface area contributed by atoms with E-state index >= 15 is 0 Å². The molecule has 0 saturated heterocycles. The lowest BCUT2D eigenvalue weighted by molar-refractivity contribution is -0.121. The van der Waals surface area contributed by atoms with Crippen molar-refractivity contribution in [1.29, 1.82) is 0 Å². The Labute approximate surface area is 161 Å². The van der Waals surface area contributed by atoms with Crippen LogP contribution in [0.25, 0.3) is 10.2 Å². The van der Waals surface area contributed by atoms with Crippen LogP contribution in [0.1, 0.15) is 44.9 Å². The van der Waals surface area contributed by atoms with Crippen molar-refractivity contribution in [1.82, 2.24) is 25.5 Å². The van der Waals surface area contributed by atoms with Crippen LogP contribution < -0.4 is 16.2 Å². The number of carbonyl (C=O) groups excluding carboxylic acids is 2. The van der Waals surface area contributed by atoms with E-state index in [1.165, 1.54) is 11.3 Å². The Bertz CT molecular complexity index is 856. The van der Waals surface area contributed by atoms with Gasteiger partial charge in [-0.15, -0.1) is 11.3 Å². The van der Waals surface area contributed by atoms with Crippen LogP contribution in [0.15, 0.2) is 16.2 Å². The number of carbonyl (C=O) groups is 2. The molecular formula is C18H25N5O3S. The molecule has 27 heavy (non-hydrogen) atoms. The van der Waals surface area contributed by atoms with E-state index in [1.807, 2.05) is 23.3 Å². The molecule has 2 aromatic rings. The fourth-order valence-corrected chi connectivity index (χ4v) is 4.12. The van der Waals surface area contributed by atoms with Gasteiger partial charge < -0.3 is 10.3 Å². The third-order valence-corrected chi connectivity index (χ3v) is 5.49. The average molecular weight is 391 g/mol. The molecule has 2 aromatic heterocycles. The van der Waals surface area contributed by atoms with E-state index in [4.69, 9.17) is 0 Å². The van der Waals surface area contributed by atoms with Gasteiger partial charge in [0, 0.05) is 6.04 Å². The van der Waals surface area contributed by atoms with Gasteiger partial charge in [-0.3, -0.25) is 19.8 Å². The van der Waals surface area contributed by atoms with Crippen molar-refractivity contribution in [2.24, 2.45) is 0 Å². The summed E-state index contributed by atoms with van der Waals surface area (Å²) in [6.07, 6.45) is 5.00. The number of aromatic amines is 1. The highest BCUT2D eigenvalue weighted by Crippen LogP contribution is 2.17. The summed E-state index contributed by atoms with van der Waals surface area (Å²) in [7, 11) is 0. The van der Waals surface area contributed by atoms with Gasteiger partial charge >= 0.3 is 6.03 Å². The maximum Gasteiger partial charge on any atom is 0.321 e. The average Bonchev–Trinajstić information content (AvgIpc) is 3.26. The van der Waals surface area contributed by atoms with Crippen molar-refractivity contribution in [2.75, 3.05) is 13.1 Å². The molecule has 146 valence electrons. The van der Waals surface area contributed by atoms with Crippen LogP contribution in [-0.4, -0.2) is 45.9 Å². The Balaban J connectivity index is 1.57. The Morgan fingerprint density at radius 1 is 1.37 bits per heavy atom. The maximum absolute atomic E-state index is 12.2. The summed E-state index contributed by atoms with van der Waals surface area (Å²) in [5.74, 6) is 0.153. The number of rotatable bonds is 7. The molecule has 0 spiro atoms. The molecule has 0 aromatic carbocycles. The van der Waals surface area contributed by atoms with Gasteiger partial charge in [-0.2, -0.15) is 0 Å². The molecule has 0 aliphatic heterocycles. The minimum Gasteiger partial charge on any atom is -0.335 e. The highest BCUT2D eigenvalue weighted by Gasteiger charge is 2.19. The van der Waals surface area contributed by atoms with Crippen LogP contribution in [0.4, 0.5) is 4.79 Å². The van der Waals surface area contributed by atoms with Gasteiger partial charge in [0.1, 0.15) is 10.5 Å². The highest BCUT2D eigenvalue weighted by molar-refractivity contribution is 7.17. The van der Waals surface area contributed by atoms with Crippen LogP contribution in [0.3, 0.4) is 0 Å². The highest BCUT2D eigenvalue weighted by atomic mass is 32.1. The second-order valence-corrected chi connectivity index (χ2v) is 7.78. The van der Waals surface area contributed by atoms with Crippen molar-refractivity contribution in [3.8, 4) is 0 Å². The summed E-state index contributed by atoms with van der Waals surface area (Å²) < 4.78 is 0.599. The first kappa shape index (κ1) is 19.5. The van der Waals surface area contributed by atoms with Gasteiger partial charge in [0.15, 0.2) is 0 Å². The standard InChI is InChI=1S/C18H25N5O3S/c1-2-8-23(10-14-20-13-7-9-27-16(13)17(25)21-14)11-15(24)22-18(26)19-12-5-3-4-6-12/h7,9,12H,2-6,8,10-11H2,1H3,(H,20,21,25)(H2,19,22,24,26). The fraction of sp³-hybridized carbons (Fsp3) is 0.556. The molecule has 0 unspecified atom stereocenters. The molecule has 3 amide bonds. The van der Waals surface area contributed by atoms with E-state index in [9.17, 15) is 14.4 Å². The van der Waals surface area contributed by atoms with Crippen LogP contribution >= 0.6 is 11.3 Å². The van der Waals surface area contributed by atoms with Crippen LogP contribution in [0.5, 0.6) is 0 Å². The quantitative estimate of drug-likeness (QED) is 0.669. The SMILES string of the molecule is CCCN(CC(=O)NC(=O)NC1CCCC1)Cc1nc2ccsc2c(=O)[nH]1. The minimum atomic E-state index is -0.436. The van der Waals surface area contributed by atoms with Crippen LogP contribution in [-0.2, 0) is 11.3 Å².